The minimum Gasteiger partial charge on any atom is -0.340 e. The molecular weight excluding hydrogens is 138 g/mol. The fourth-order valence-corrected chi connectivity index (χ4v) is 1.72. The standard InChI is InChI=1S/C9H17NO/c1-5-7-6-9(2,3)10(4)8(7)11/h7H,5-6H2,1-4H3. The van der Waals surface area contributed by atoms with Gasteiger partial charge in [0.1, 0.15) is 0 Å². The lowest BCUT2D eigenvalue weighted by atomic mass is 9.95. The predicted octanol–water partition coefficient (Wildman–Crippen LogP) is 1.65. The molecule has 0 spiro atoms. The molecule has 1 saturated heterocycles. The summed E-state index contributed by atoms with van der Waals surface area (Å²) in [5.74, 6) is 0.590. The van der Waals surface area contributed by atoms with E-state index in [4.69, 9.17) is 0 Å². The van der Waals surface area contributed by atoms with Crippen molar-refractivity contribution in [3.63, 3.8) is 0 Å². The Hall–Kier alpha value is -0.530. The number of hydrogen-bond donors (Lipinski definition) is 0. The third-order valence-corrected chi connectivity index (χ3v) is 2.83. The Morgan fingerprint density at radius 3 is 2.36 bits per heavy atom. The second kappa shape index (κ2) is 2.50. The van der Waals surface area contributed by atoms with Crippen LogP contribution < -0.4 is 0 Å². The normalized spacial score (nSPS) is 29.6. The quantitative estimate of drug-likeness (QED) is 0.564. The van der Waals surface area contributed by atoms with Gasteiger partial charge in [-0.05, 0) is 26.7 Å². The summed E-state index contributed by atoms with van der Waals surface area (Å²) in [4.78, 5) is 13.4. The van der Waals surface area contributed by atoms with Crippen molar-refractivity contribution in [1.29, 1.82) is 0 Å². The van der Waals surface area contributed by atoms with Gasteiger partial charge in [0, 0.05) is 18.5 Å². The molecule has 11 heavy (non-hydrogen) atoms. The van der Waals surface area contributed by atoms with Crippen LogP contribution in [0.1, 0.15) is 33.6 Å². The summed E-state index contributed by atoms with van der Waals surface area (Å²) >= 11 is 0. The summed E-state index contributed by atoms with van der Waals surface area (Å²) in [5.41, 5.74) is 0.0811. The van der Waals surface area contributed by atoms with Crippen LogP contribution in [0, 0.1) is 5.92 Å². The van der Waals surface area contributed by atoms with Crippen LogP contribution in [-0.2, 0) is 4.79 Å². The van der Waals surface area contributed by atoms with Crippen LogP contribution in [0.25, 0.3) is 0 Å². The molecule has 1 rings (SSSR count). The second-order valence-electron chi connectivity index (χ2n) is 4.02. The van der Waals surface area contributed by atoms with Crippen LogP contribution in [0.15, 0.2) is 0 Å². The van der Waals surface area contributed by atoms with Gasteiger partial charge in [0.15, 0.2) is 0 Å². The Bertz CT molecular complexity index is 174. The van der Waals surface area contributed by atoms with Gasteiger partial charge in [0.2, 0.25) is 5.91 Å². The second-order valence-corrected chi connectivity index (χ2v) is 4.02. The topological polar surface area (TPSA) is 20.3 Å². The van der Waals surface area contributed by atoms with E-state index in [1.165, 1.54) is 0 Å². The maximum Gasteiger partial charge on any atom is 0.225 e. The molecule has 1 aliphatic rings. The van der Waals surface area contributed by atoms with Gasteiger partial charge in [-0.3, -0.25) is 4.79 Å². The van der Waals surface area contributed by atoms with E-state index < -0.39 is 0 Å². The Morgan fingerprint density at radius 2 is 2.18 bits per heavy atom. The van der Waals surface area contributed by atoms with Crippen LogP contribution in [0.3, 0.4) is 0 Å². The smallest absolute Gasteiger partial charge is 0.225 e. The molecule has 0 saturated carbocycles. The van der Waals surface area contributed by atoms with E-state index >= 15 is 0 Å². The SMILES string of the molecule is CCC1CC(C)(C)N(C)C1=O. The zero-order valence-corrected chi connectivity index (χ0v) is 7.85. The van der Waals surface area contributed by atoms with Crippen molar-refractivity contribution in [2.24, 2.45) is 5.92 Å². The Labute approximate surface area is 68.6 Å². The third kappa shape index (κ3) is 1.26. The molecule has 0 aliphatic carbocycles. The third-order valence-electron chi connectivity index (χ3n) is 2.83. The summed E-state index contributed by atoms with van der Waals surface area (Å²) in [6.07, 6.45) is 1.99. The lowest BCUT2D eigenvalue weighted by Gasteiger charge is -2.27. The minimum atomic E-state index is 0.0811. The zero-order chi connectivity index (χ0) is 8.65. The molecule has 2 nitrogen and oxygen atoms in total. The molecular formula is C9H17NO. The average Bonchev–Trinajstić information content (AvgIpc) is 2.13. The first-order valence-corrected chi connectivity index (χ1v) is 4.26. The Morgan fingerprint density at radius 1 is 1.64 bits per heavy atom. The van der Waals surface area contributed by atoms with Gasteiger partial charge in [-0.1, -0.05) is 6.92 Å². The van der Waals surface area contributed by atoms with Crippen molar-refractivity contribution in [1.82, 2.24) is 4.90 Å². The van der Waals surface area contributed by atoms with Crippen molar-refractivity contribution in [2.75, 3.05) is 7.05 Å². The summed E-state index contributed by atoms with van der Waals surface area (Å²) in [6, 6.07) is 0. The molecule has 0 bridgehead atoms. The molecule has 2 heteroatoms. The van der Waals surface area contributed by atoms with Gasteiger partial charge >= 0.3 is 0 Å². The molecule has 1 heterocycles. The van der Waals surface area contributed by atoms with Gasteiger partial charge in [-0.2, -0.15) is 0 Å². The van der Waals surface area contributed by atoms with Crippen molar-refractivity contribution in [2.45, 2.75) is 39.2 Å². The van der Waals surface area contributed by atoms with Gasteiger partial charge in [0.25, 0.3) is 0 Å². The molecule has 0 radical (unpaired) electrons. The largest absolute Gasteiger partial charge is 0.340 e. The van der Waals surface area contributed by atoms with E-state index in [0.717, 1.165) is 12.8 Å². The van der Waals surface area contributed by atoms with E-state index in [2.05, 4.69) is 20.8 Å². The first-order valence-electron chi connectivity index (χ1n) is 4.26. The molecule has 64 valence electrons. The fourth-order valence-electron chi connectivity index (χ4n) is 1.72. The monoisotopic (exact) mass is 155 g/mol. The van der Waals surface area contributed by atoms with Crippen molar-refractivity contribution >= 4 is 5.91 Å². The highest BCUT2D eigenvalue weighted by atomic mass is 16.2. The van der Waals surface area contributed by atoms with Crippen LogP contribution in [0.4, 0.5) is 0 Å². The number of carbonyl (C=O) groups excluding carboxylic acids is 1. The van der Waals surface area contributed by atoms with E-state index in [9.17, 15) is 4.79 Å². The van der Waals surface area contributed by atoms with Crippen LogP contribution >= 0.6 is 0 Å². The van der Waals surface area contributed by atoms with Gasteiger partial charge < -0.3 is 4.90 Å². The van der Waals surface area contributed by atoms with Crippen LogP contribution in [-0.4, -0.2) is 23.4 Å². The lowest BCUT2D eigenvalue weighted by Crippen LogP contribution is -2.37. The number of rotatable bonds is 1. The summed E-state index contributed by atoms with van der Waals surface area (Å²) in [7, 11) is 1.90. The molecule has 0 aromatic heterocycles. The zero-order valence-electron chi connectivity index (χ0n) is 7.85. The fraction of sp³-hybridized carbons (Fsp3) is 0.889. The van der Waals surface area contributed by atoms with Crippen molar-refractivity contribution in [3.8, 4) is 0 Å². The minimum absolute atomic E-state index is 0.0811. The molecule has 1 amide bonds. The summed E-state index contributed by atoms with van der Waals surface area (Å²) in [5, 5.41) is 0. The van der Waals surface area contributed by atoms with E-state index in [0.29, 0.717) is 5.91 Å². The van der Waals surface area contributed by atoms with E-state index in [1.807, 2.05) is 11.9 Å². The maximum atomic E-state index is 11.5. The van der Waals surface area contributed by atoms with E-state index in [1.54, 1.807) is 0 Å². The van der Waals surface area contributed by atoms with Gasteiger partial charge in [-0.15, -0.1) is 0 Å². The highest BCUT2D eigenvalue weighted by Gasteiger charge is 2.41. The first kappa shape index (κ1) is 8.57. The molecule has 0 N–H and O–H groups in total. The van der Waals surface area contributed by atoms with Crippen LogP contribution in [0.5, 0.6) is 0 Å². The van der Waals surface area contributed by atoms with E-state index in [-0.39, 0.29) is 11.5 Å². The van der Waals surface area contributed by atoms with Gasteiger partial charge in [-0.25, -0.2) is 0 Å². The highest BCUT2D eigenvalue weighted by molar-refractivity contribution is 5.81. The number of hydrogen-bond acceptors (Lipinski definition) is 1. The number of amides is 1. The maximum absolute atomic E-state index is 11.5. The predicted molar refractivity (Wildman–Crippen MR) is 45.2 cm³/mol. The Kier molecular flexibility index (Phi) is 1.95. The molecule has 0 aromatic rings. The summed E-state index contributed by atoms with van der Waals surface area (Å²) < 4.78 is 0. The summed E-state index contributed by atoms with van der Waals surface area (Å²) in [6.45, 7) is 6.33. The average molecular weight is 155 g/mol. The molecule has 1 atom stereocenters. The lowest BCUT2D eigenvalue weighted by molar-refractivity contribution is -0.131. The number of nitrogens with zero attached hydrogens (tertiary/aromatic N) is 1. The van der Waals surface area contributed by atoms with Crippen LogP contribution in [0.2, 0.25) is 0 Å². The molecule has 1 unspecified atom stereocenters. The molecule has 1 fully saturated rings. The first-order chi connectivity index (χ1) is 4.99. The number of carbonyl (C=O) groups is 1. The van der Waals surface area contributed by atoms with Gasteiger partial charge in [0.05, 0.1) is 0 Å². The van der Waals surface area contributed by atoms with Crippen molar-refractivity contribution < 1.29 is 4.79 Å². The van der Waals surface area contributed by atoms with Crippen molar-refractivity contribution in [3.05, 3.63) is 0 Å². The molecule has 0 aromatic carbocycles. The Balaban J connectivity index is 2.77. The number of likely N-dealkylation sites (tertiary alicyclic amines) is 1. The molecule has 1 aliphatic heterocycles. The highest BCUT2D eigenvalue weighted by Crippen LogP contribution is 2.33.